The van der Waals surface area contributed by atoms with E-state index in [4.69, 9.17) is 15.6 Å². The summed E-state index contributed by atoms with van der Waals surface area (Å²) in [6.45, 7) is 9.12. The highest BCUT2D eigenvalue weighted by molar-refractivity contribution is 5.84. The number of hydrogen-bond donors (Lipinski definition) is 3. The van der Waals surface area contributed by atoms with Crippen LogP contribution in [0.1, 0.15) is 54.4 Å². The van der Waals surface area contributed by atoms with Crippen molar-refractivity contribution in [1.29, 1.82) is 0 Å². The van der Waals surface area contributed by atoms with Crippen molar-refractivity contribution in [2.75, 3.05) is 0 Å². The molecule has 1 unspecified atom stereocenters. The third-order valence-electron chi connectivity index (χ3n) is 2.31. The summed E-state index contributed by atoms with van der Waals surface area (Å²) in [6, 6.07) is -1.04. The lowest BCUT2D eigenvalue weighted by Crippen LogP contribution is -2.46. The fraction of sp³-hybridized carbons (Fsp3) is 0.750. The van der Waals surface area contributed by atoms with Crippen molar-refractivity contribution in [3.63, 3.8) is 0 Å². The monoisotopic (exact) mass is 416 g/mol. The summed E-state index contributed by atoms with van der Waals surface area (Å²) in [4.78, 5) is 42.8. The first kappa shape index (κ1) is 27.7. The largest absolute Gasteiger partial charge is 0.490 e. The molecule has 4 N–H and O–H groups in total. The molecule has 0 aliphatic rings. The second-order valence-corrected chi connectivity index (χ2v) is 7.53. The zero-order valence-corrected chi connectivity index (χ0v) is 16.6. The molecule has 2 amide bonds. The Bertz CT molecular complexity index is 564. The van der Waals surface area contributed by atoms with Crippen molar-refractivity contribution >= 4 is 23.9 Å². The number of amides is 2. The predicted molar refractivity (Wildman–Crippen MR) is 91.1 cm³/mol. The molecule has 9 nitrogen and oxygen atoms in total. The Morgan fingerprint density at radius 3 is 1.64 bits per heavy atom. The number of nitrogens with one attached hydrogen (secondary N) is 1. The van der Waals surface area contributed by atoms with Crippen LogP contribution in [0.4, 0.5) is 18.0 Å². The summed E-state index contributed by atoms with van der Waals surface area (Å²) in [5.74, 6) is -4.01. The fourth-order valence-electron chi connectivity index (χ4n) is 1.34. The number of carboxylic acid groups (broad SMARTS) is 1. The zero-order chi connectivity index (χ0) is 22.9. The van der Waals surface area contributed by atoms with Crippen LogP contribution >= 0.6 is 0 Å². The second-order valence-electron chi connectivity index (χ2n) is 7.53. The van der Waals surface area contributed by atoms with Crippen LogP contribution < -0.4 is 11.1 Å². The smallest absolute Gasteiger partial charge is 0.481 e. The van der Waals surface area contributed by atoms with Crippen LogP contribution in [0.15, 0.2) is 0 Å². The summed E-state index contributed by atoms with van der Waals surface area (Å²) in [5.41, 5.74) is 3.25. The number of carboxylic acids is 1. The molecule has 0 heterocycles. The molecular formula is C16H27F3N2O7. The van der Waals surface area contributed by atoms with Gasteiger partial charge in [0.1, 0.15) is 17.2 Å². The van der Waals surface area contributed by atoms with E-state index in [1.54, 1.807) is 20.8 Å². The van der Waals surface area contributed by atoms with Crippen LogP contribution in [-0.4, -0.2) is 52.5 Å². The van der Waals surface area contributed by atoms with Crippen molar-refractivity contribution in [2.24, 2.45) is 5.73 Å². The maximum absolute atomic E-state index is 11.5. The molecule has 164 valence electrons. The van der Waals surface area contributed by atoms with E-state index < -0.39 is 47.4 Å². The van der Waals surface area contributed by atoms with Gasteiger partial charge in [-0.3, -0.25) is 9.59 Å². The molecule has 0 aromatic heterocycles. The van der Waals surface area contributed by atoms with Gasteiger partial charge in [-0.1, -0.05) is 0 Å². The average molecular weight is 416 g/mol. The Morgan fingerprint density at radius 1 is 0.964 bits per heavy atom. The minimum Gasteiger partial charge on any atom is -0.481 e. The van der Waals surface area contributed by atoms with Crippen LogP contribution in [0.3, 0.4) is 0 Å². The first-order valence-electron chi connectivity index (χ1n) is 8.05. The van der Waals surface area contributed by atoms with Crippen LogP contribution in [0, 0.1) is 0 Å². The molecule has 28 heavy (non-hydrogen) atoms. The van der Waals surface area contributed by atoms with Gasteiger partial charge in [0, 0.05) is 6.42 Å². The van der Waals surface area contributed by atoms with E-state index in [-0.39, 0.29) is 12.8 Å². The quantitative estimate of drug-likeness (QED) is 0.582. The summed E-state index contributed by atoms with van der Waals surface area (Å²) in [7, 11) is 0. The van der Waals surface area contributed by atoms with Crippen molar-refractivity contribution in [2.45, 2.75) is 77.8 Å². The lowest BCUT2D eigenvalue weighted by molar-refractivity contribution is -0.210. The maximum Gasteiger partial charge on any atom is 0.490 e. The number of nitrogens with two attached hydrogens (primary N) is 1. The van der Waals surface area contributed by atoms with Crippen LogP contribution in [0.5, 0.6) is 0 Å². The summed E-state index contributed by atoms with van der Waals surface area (Å²) in [5, 5.41) is 10.7. The first-order chi connectivity index (χ1) is 12.2. The number of primary amides is 1. The van der Waals surface area contributed by atoms with E-state index in [1.807, 2.05) is 0 Å². The average Bonchev–Trinajstić information content (AvgIpc) is 2.38. The van der Waals surface area contributed by atoms with E-state index in [2.05, 4.69) is 10.1 Å². The number of ether oxygens (including phenoxy) is 2. The molecular weight excluding hydrogens is 389 g/mol. The third kappa shape index (κ3) is 16.9. The summed E-state index contributed by atoms with van der Waals surface area (Å²) < 4.78 is 43.5. The third-order valence-corrected chi connectivity index (χ3v) is 2.31. The fourth-order valence-corrected chi connectivity index (χ4v) is 1.34. The van der Waals surface area contributed by atoms with E-state index in [0.717, 1.165) is 0 Å². The molecule has 0 aromatic carbocycles. The molecule has 0 rings (SSSR count). The highest BCUT2D eigenvalue weighted by atomic mass is 19.4. The van der Waals surface area contributed by atoms with Gasteiger partial charge < -0.3 is 25.6 Å². The normalized spacial score (nSPS) is 12.8. The van der Waals surface area contributed by atoms with Gasteiger partial charge in [0.2, 0.25) is 5.91 Å². The summed E-state index contributed by atoms with van der Waals surface area (Å²) >= 11 is 0. The predicted octanol–water partition coefficient (Wildman–Crippen LogP) is 2.12. The SMILES string of the molecule is CC(C)(C)OC(=O)C(F)(F)F.CC(C)(C)OC(=O)NC(CCC(=O)O)C(N)=O. The standard InChI is InChI=1S/C10H18N2O5.C6H9F3O2/c1-10(2,3)17-9(16)12-6(8(11)15)4-5-7(13)14;1-5(2,3)11-4(10)6(7,8)9/h6H,4-5H2,1-3H3,(H2,11,15)(H,12,16)(H,13,14);1-3H3. The minimum atomic E-state index is -4.90. The van der Waals surface area contributed by atoms with Crippen LogP contribution in [-0.2, 0) is 23.9 Å². The topological polar surface area (TPSA) is 145 Å². The number of alkyl carbamates (subject to hydrolysis) is 1. The molecule has 0 spiro atoms. The van der Waals surface area contributed by atoms with Crippen molar-refractivity contribution in [3.8, 4) is 0 Å². The van der Waals surface area contributed by atoms with Gasteiger partial charge in [0.25, 0.3) is 0 Å². The van der Waals surface area contributed by atoms with Gasteiger partial charge in [-0.05, 0) is 48.0 Å². The Morgan fingerprint density at radius 2 is 1.39 bits per heavy atom. The Kier molecular flexibility index (Phi) is 10.6. The number of carbonyl (C=O) groups excluding carboxylic acids is 3. The molecule has 0 saturated carbocycles. The molecule has 0 radical (unpaired) electrons. The Hall–Kier alpha value is -2.53. The highest BCUT2D eigenvalue weighted by Crippen LogP contribution is 2.20. The summed E-state index contributed by atoms with van der Waals surface area (Å²) in [6.07, 6.45) is -6.02. The number of hydrogen-bond acceptors (Lipinski definition) is 6. The van der Waals surface area contributed by atoms with Crippen LogP contribution in [0.25, 0.3) is 0 Å². The van der Waals surface area contributed by atoms with Gasteiger partial charge in [-0.2, -0.15) is 13.2 Å². The number of aliphatic carboxylic acids is 1. The molecule has 0 aromatic rings. The number of alkyl halides is 3. The minimum absolute atomic E-state index is 0.0656. The van der Waals surface area contributed by atoms with Gasteiger partial charge in [-0.15, -0.1) is 0 Å². The zero-order valence-electron chi connectivity index (χ0n) is 16.6. The van der Waals surface area contributed by atoms with E-state index in [0.29, 0.717) is 0 Å². The van der Waals surface area contributed by atoms with Gasteiger partial charge in [-0.25, -0.2) is 9.59 Å². The lowest BCUT2D eigenvalue weighted by atomic mass is 10.1. The van der Waals surface area contributed by atoms with Crippen molar-refractivity contribution in [1.82, 2.24) is 5.32 Å². The molecule has 0 fully saturated rings. The van der Waals surface area contributed by atoms with Crippen LogP contribution in [0.2, 0.25) is 0 Å². The Balaban J connectivity index is 0. The second kappa shape index (κ2) is 10.7. The molecule has 1 atom stereocenters. The highest BCUT2D eigenvalue weighted by Gasteiger charge is 2.42. The van der Waals surface area contributed by atoms with Crippen molar-refractivity contribution in [3.05, 3.63) is 0 Å². The van der Waals surface area contributed by atoms with Gasteiger partial charge in [0.05, 0.1) is 0 Å². The molecule has 0 aliphatic carbocycles. The van der Waals surface area contributed by atoms with Gasteiger partial charge >= 0.3 is 24.2 Å². The van der Waals surface area contributed by atoms with E-state index in [9.17, 15) is 32.3 Å². The molecule has 0 bridgehead atoms. The van der Waals surface area contributed by atoms with E-state index >= 15 is 0 Å². The number of halogens is 3. The number of carbonyl (C=O) groups is 4. The first-order valence-corrected chi connectivity index (χ1v) is 8.05. The number of esters is 1. The lowest BCUT2D eigenvalue weighted by Gasteiger charge is -2.22. The Labute approximate surface area is 160 Å². The van der Waals surface area contributed by atoms with Crippen molar-refractivity contribution < 1.29 is 46.9 Å². The molecule has 0 saturated heterocycles. The maximum atomic E-state index is 11.5. The van der Waals surface area contributed by atoms with Gasteiger partial charge in [0.15, 0.2) is 0 Å². The van der Waals surface area contributed by atoms with E-state index in [1.165, 1.54) is 20.8 Å². The molecule has 12 heteroatoms. The number of rotatable bonds is 5. The molecule has 0 aliphatic heterocycles.